The Kier molecular flexibility index (Phi) is 7.19. The molecule has 0 radical (unpaired) electrons. The summed E-state index contributed by atoms with van der Waals surface area (Å²) < 4.78 is 7.24. The number of fused-ring (bicyclic) bond motifs is 1. The van der Waals surface area contributed by atoms with Crippen LogP contribution in [0.25, 0.3) is 22.5 Å². The first kappa shape index (κ1) is 28.4. The molecule has 1 saturated heterocycles. The van der Waals surface area contributed by atoms with Gasteiger partial charge in [0, 0.05) is 48.5 Å². The lowest BCUT2D eigenvalue weighted by atomic mass is 9.98. The second kappa shape index (κ2) is 11.1. The van der Waals surface area contributed by atoms with Gasteiger partial charge in [-0.25, -0.2) is 9.78 Å². The van der Waals surface area contributed by atoms with Crippen LogP contribution in [0.1, 0.15) is 40.4 Å². The number of imide groups is 1. The highest BCUT2D eigenvalue weighted by atomic mass is 16.5. The molecule has 220 valence electrons. The second-order valence-corrected chi connectivity index (χ2v) is 10.7. The van der Waals surface area contributed by atoms with Crippen LogP contribution in [0.5, 0.6) is 5.75 Å². The van der Waals surface area contributed by atoms with Crippen LogP contribution >= 0.6 is 0 Å². The van der Waals surface area contributed by atoms with Crippen LogP contribution in [0.4, 0.5) is 4.79 Å². The van der Waals surface area contributed by atoms with E-state index >= 15 is 0 Å². The van der Waals surface area contributed by atoms with E-state index in [4.69, 9.17) is 9.72 Å². The summed E-state index contributed by atoms with van der Waals surface area (Å²) in [4.78, 5) is 56.7. The van der Waals surface area contributed by atoms with Gasteiger partial charge < -0.3 is 15.0 Å². The number of carbonyl (C=O) groups is 4. The molecule has 6 rings (SSSR count). The first-order chi connectivity index (χ1) is 21.1. The summed E-state index contributed by atoms with van der Waals surface area (Å²) in [5, 5.41) is 9.10. The molecule has 44 heavy (non-hydrogen) atoms. The van der Waals surface area contributed by atoms with Gasteiger partial charge in [-0.1, -0.05) is 48.6 Å². The first-order valence-electron chi connectivity index (χ1n) is 14.0. The van der Waals surface area contributed by atoms with E-state index in [1.54, 1.807) is 54.2 Å². The lowest BCUT2D eigenvalue weighted by Gasteiger charge is -2.26. The summed E-state index contributed by atoms with van der Waals surface area (Å²) in [5.41, 5.74) is 3.94. The second-order valence-electron chi connectivity index (χ2n) is 10.7. The van der Waals surface area contributed by atoms with Crippen LogP contribution in [-0.2, 0) is 23.2 Å². The number of hydrogen-bond donors (Lipinski definition) is 2. The fourth-order valence-electron chi connectivity index (χ4n) is 5.15. The van der Waals surface area contributed by atoms with Crippen molar-refractivity contribution in [2.45, 2.75) is 32.4 Å². The van der Waals surface area contributed by atoms with E-state index in [1.807, 2.05) is 38.4 Å². The molecule has 4 heterocycles. The molecule has 2 aliphatic rings. The molecular weight excluding hydrogens is 560 g/mol. The van der Waals surface area contributed by atoms with Crippen LogP contribution in [0.15, 0.2) is 67.0 Å². The van der Waals surface area contributed by atoms with Crippen molar-refractivity contribution >= 4 is 23.8 Å². The molecule has 2 aliphatic heterocycles. The predicted molar refractivity (Wildman–Crippen MR) is 160 cm³/mol. The zero-order valence-electron chi connectivity index (χ0n) is 24.3. The van der Waals surface area contributed by atoms with Gasteiger partial charge in [0.15, 0.2) is 5.75 Å². The van der Waals surface area contributed by atoms with Crippen molar-refractivity contribution < 1.29 is 23.9 Å². The molecule has 1 atom stereocenters. The lowest BCUT2D eigenvalue weighted by Crippen LogP contribution is -2.54. The Morgan fingerprint density at radius 3 is 2.55 bits per heavy atom. The number of ether oxygens (including phenoxy) is 1. The zero-order chi connectivity index (χ0) is 31.0. The summed E-state index contributed by atoms with van der Waals surface area (Å²) in [6.07, 6.45) is 3.75. The molecule has 2 N–H and O–H groups in total. The standard InChI is InChI=1S/C33H28N6O5/c1-4-28(40)44-27-12-11-26(24-16-34-38(3)17-24)35-29(27)22-9-6-21(7-10-22)13-14-33(31(42)36-32(43)37-33)19-39-18-23-8-5-20(2)15-25(23)30(39)41/h5-12,15-17H,4,18-19H2,1-3H3,(H2,36,37,42,43). The normalized spacial score (nSPS) is 17.1. The Morgan fingerprint density at radius 2 is 1.86 bits per heavy atom. The minimum atomic E-state index is -1.62. The number of benzene rings is 2. The third-order valence-electron chi connectivity index (χ3n) is 7.46. The number of nitrogens with zero attached hydrogens (tertiary/aromatic N) is 4. The molecule has 2 aromatic heterocycles. The Hall–Kier alpha value is -5.76. The van der Waals surface area contributed by atoms with Crippen LogP contribution in [0.2, 0.25) is 0 Å². The van der Waals surface area contributed by atoms with Gasteiger partial charge in [0.2, 0.25) is 5.54 Å². The summed E-state index contributed by atoms with van der Waals surface area (Å²) >= 11 is 0. The summed E-state index contributed by atoms with van der Waals surface area (Å²) in [6, 6.07) is 15.5. The number of pyridine rings is 1. The van der Waals surface area contributed by atoms with Crippen LogP contribution < -0.4 is 15.4 Å². The number of esters is 1. The monoisotopic (exact) mass is 588 g/mol. The van der Waals surface area contributed by atoms with Crippen molar-refractivity contribution in [2.75, 3.05) is 6.54 Å². The van der Waals surface area contributed by atoms with Gasteiger partial charge in [-0.15, -0.1) is 0 Å². The number of amides is 4. The minimum absolute atomic E-state index is 0.112. The van der Waals surface area contributed by atoms with Crippen molar-refractivity contribution in [1.29, 1.82) is 0 Å². The molecule has 1 fully saturated rings. The molecule has 4 aromatic rings. The third kappa shape index (κ3) is 5.41. The number of aromatic nitrogens is 3. The van der Waals surface area contributed by atoms with Gasteiger partial charge in [0.05, 0.1) is 18.4 Å². The highest BCUT2D eigenvalue weighted by molar-refractivity contribution is 6.10. The van der Waals surface area contributed by atoms with Crippen molar-refractivity contribution in [3.63, 3.8) is 0 Å². The predicted octanol–water partition coefficient (Wildman–Crippen LogP) is 3.36. The van der Waals surface area contributed by atoms with Gasteiger partial charge >= 0.3 is 12.0 Å². The average molecular weight is 589 g/mol. The van der Waals surface area contributed by atoms with E-state index in [1.165, 1.54) is 4.90 Å². The molecular formula is C33H28N6O5. The van der Waals surface area contributed by atoms with Crippen LogP contribution in [0.3, 0.4) is 0 Å². The van der Waals surface area contributed by atoms with Crippen molar-refractivity contribution in [1.82, 2.24) is 30.3 Å². The Bertz CT molecular complexity index is 1900. The highest BCUT2D eigenvalue weighted by Gasteiger charge is 2.48. The van der Waals surface area contributed by atoms with E-state index in [9.17, 15) is 19.2 Å². The minimum Gasteiger partial charge on any atom is -0.424 e. The molecule has 1 unspecified atom stereocenters. The van der Waals surface area contributed by atoms with Gasteiger partial charge in [-0.3, -0.25) is 24.4 Å². The Morgan fingerprint density at radius 1 is 1.07 bits per heavy atom. The molecule has 0 aliphatic carbocycles. The SMILES string of the molecule is CCC(=O)Oc1ccc(-c2cnn(C)c2)nc1-c1ccc(C#CC2(CN3Cc4ccc(C)cc4C3=O)NC(=O)NC2=O)cc1. The van der Waals surface area contributed by atoms with E-state index in [-0.39, 0.29) is 24.8 Å². The molecule has 11 nitrogen and oxygen atoms in total. The maximum Gasteiger partial charge on any atom is 0.323 e. The fraction of sp³-hybridized carbons (Fsp3) is 0.212. The van der Waals surface area contributed by atoms with Gasteiger partial charge in [-0.2, -0.15) is 5.10 Å². The maximum absolute atomic E-state index is 13.1. The highest BCUT2D eigenvalue weighted by Crippen LogP contribution is 2.32. The first-order valence-corrected chi connectivity index (χ1v) is 14.0. The Balaban J connectivity index is 1.29. The average Bonchev–Trinajstić information content (AvgIpc) is 3.67. The lowest BCUT2D eigenvalue weighted by molar-refractivity contribution is -0.134. The smallest absolute Gasteiger partial charge is 0.323 e. The number of rotatable bonds is 6. The Labute approximate surface area is 253 Å². The number of carbonyl (C=O) groups excluding carboxylic acids is 4. The van der Waals surface area contributed by atoms with Crippen LogP contribution in [-0.4, -0.2) is 55.6 Å². The molecule has 4 amide bonds. The van der Waals surface area contributed by atoms with Gasteiger partial charge in [0.1, 0.15) is 5.69 Å². The van der Waals surface area contributed by atoms with E-state index < -0.39 is 17.5 Å². The largest absolute Gasteiger partial charge is 0.424 e. The van der Waals surface area contributed by atoms with E-state index in [2.05, 4.69) is 27.6 Å². The summed E-state index contributed by atoms with van der Waals surface area (Å²) in [5.74, 6) is 5.02. The summed E-state index contributed by atoms with van der Waals surface area (Å²) in [7, 11) is 1.81. The molecule has 0 spiro atoms. The molecule has 0 saturated carbocycles. The number of hydrogen-bond acceptors (Lipinski definition) is 7. The fourth-order valence-corrected chi connectivity index (χ4v) is 5.15. The molecule has 11 heteroatoms. The summed E-state index contributed by atoms with van der Waals surface area (Å²) in [6.45, 7) is 3.82. The van der Waals surface area contributed by atoms with Gasteiger partial charge in [0.25, 0.3) is 11.8 Å². The van der Waals surface area contributed by atoms with Gasteiger partial charge in [-0.05, 0) is 42.8 Å². The number of aryl methyl sites for hydroxylation is 2. The number of nitrogens with one attached hydrogen (secondary N) is 2. The third-order valence-corrected chi connectivity index (χ3v) is 7.46. The van der Waals surface area contributed by atoms with Crippen LogP contribution in [0, 0.1) is 18.8 Å². The van der Waals surface area contributed by atoms with Crippen molar-refractivity contribution in [3.05, 3.63) is 89.2 Å². The quantitative estimate of drug-likeness (QED) is 0.200. The zero-order valence-corrected chi connectivity index (χ0v) is 24.3. The number of urea groups is 1. The van der Waals surface area contributed by atoms with Crippen molar-refractivity contribution in [3.8, 4) is 40.1 Å². The topological polar surface area (TPSA) is 136 Å². The van der Waals surface area contributed by atoms with E-state index in [0.29, 0.717) is 40.4 Å². The van der Waals surface area contributed by atoms with Crippen molar-refractivity contribution in [2.24, 2.45) is 7.05 Å². The van der Waals surface area contributed by atoms with E-state index in [0.717, 1.165) is 16.7 Å². The molecule has 2 aromatic carbocycles. The maximum atomic E-state index is 13.1. The molecule has 0 bridgehead atoms.